The Morgan fingerprint density at radius 2 is 1.74 bits per heavy atom. The molecule has 12 heteroatoms. The van der Waals surface area contributed by atoms with Crippen LogP contribution in [-0.4, -0.2) is 87.0 Å². The van der Waals surface area contributed by atoms with Gasteiger partial charge in [-0.15, -0.1) is 0 Å². The molecule has 0 amide bonds. The topological polar surface area (TPSA) is 130 Å². The number of likely N-dealkylation sites (N-methyl/N-ethyl adjacent to an activating group) is 1. The molecule has 0 spiro atoms. The molecule has 3 N–H and O–H groups in total. The van der Waals surface area contributed by atoms with Gasteiger partial charge in [0.05, 0.1) is 5.39 Å². The zero-order valence-corrected chi connectivity index (χ0v) is 25.7. The molecular formula is C31H41N11O. The first kappa shape index (κ1) is 28.7. The van der Waals surface area contributed by atoms with Gasteiger partial charge in [0.15, 0.2) is 11.2 Å². The molecule has 5 heterocycles. The van der Waals surface area contributed by atoms with E-state index in [2.05, 4.69) is 70.7 Å². The number of pyridine rings is 1. The quantitative estimate of drug-likeness (QED) is 0.240. The summed E-state index contributed by atoms with van der Waals surface area (Å²) in [6.45, 7) is 18.1. The van der Waals surface area contributed by atoms with Crippen molar-refractivity contribution in [1.29, 1.82) is 0 Å². The number of hydrogen-bond acceptors (Lipinski definition) is 11. The molecule has 1 aliphatic heterocycles. The van der Waals surface area contributed by atoms with Crippen LogP contribution in [0.3, 0.4) is 0 Å². The van der Waals surface area contributed by atoms with Gasteiger partial charge in [0.1, 0.15) is 29.2 Å². The molecule has 43 heavy (non-hydrogen) atoms. The second-order valence-electron chi connectivity index (χ2n) is 11.3. The van der Waals surface area contributed by atoms with E-state index >= 15 is 0 Å². The summed E-state index contributed by atoms with van der Waals surface area (Å²) in [6, 6.07) is 8.20. The van der Waals surface area contributed by atoms with Crippen LogP contribution in [0.2, 0.25) is 0 Å². The number of piperazine rings is 1. The Balaban J connectivity index is 1.26. The highest BCUT2D eigenvalue weighted by molar-refractivity contribution is 6.00. The van der Waals surface area contributed by atoms with Crippen LogP contribution in [0.1, 0.15) is 39.3 Å². The van der Waals surface area contributed by atoms with Crippen molar-refractivity contribution in [2.45, 2.75) is 40.7 Å². The smallest absolute Gasteiger partial charge is 0.292 e. The summed E-state index contributed by atoms with van der Waals surface area (Å²) >= 11 is 0. The van der Waals surface area contributed by atoms with Gasteiger partial charge in [0.25, 0.3) is 6.01 Å². The van der Waals surface area contributed by atoms with Crippen LogP contribution in [0.5, 0.6) is 0 Å². The van der Waals surface area contributed by atoms with Gasteiger partial charge in [-0.3, -0.25) is 0 Å². The number of anilines is 4. The zero-order valence-electron chi connectivity index (χ0n) is 25.7. The summed E-state index contributed by atoms with van der Waals surface area (Å²) in [5, 5.41) is 9.59. The molecule has 4 aromatic heterocycles. The molecule has 0 radical (unpaired) electrons. The number of nitrogens with zero attached hydrogens (tertiary/aromatic N) is 9. The number of rotatable bonds is 10. The van der Waals surface area contributed by atoms with E-state index in [4.69, 9.17) is 25.2 Å². The lowest BCUT2D eigenvalue weighted by Crippen LogP contribution is -2.47. The van der Waals surface area contributed by atoms with Crippen molar-refractivity contribution >= 4 is 45.5 Å². The molecule has 1 fully saturated rings. The van der Waals surface area contributed by atoms with Crippen molar-refractivity contribution in [1.82, 2.24) is 34.6 Å². The molecule has 0 saturated carbocycles. The van der Waals surface area contributed by atoms with Gasteiger partial charge < -0.3 is 30.2 Å². The minimum Gasteiger partial charge on any atom is -0.424 e. The largest absolute Gasteiger partial charge is 0.424 e. The summed E-state index contributed by atoms with van der Waals surface area (Å²) in [6.07, 6.45) is 3.56. The third-order valence-electron chi connectivity index (χ3n) is 8.33. The third-order valence-corrected chi connectivity index (χ3v) is 8.33. The second-order valence-corrected chi connectivity index (χ2v) is 11.3. The number of aromatic nitrogens is 6. The van der Waals surface area contributed by atoms with E-state index in [0.29, 0.717) is 11.1 Å². The molecule has 0 bridgehead atoms. The van der Waals surface area contributed by atoms with Gasteiger partial charge >= 0.3 is 0 Å². The molecule has 0 unspecified atom stereocenters. The Morgan fingerprint density at radius 1 is 1.00 bits per heavy atom. The highest BCUT2D eigenvalue weighted by atomic mass is 16.4. The maximum atomic E-state index is 5.81. The molecule has 0 atom stereocenters. The fourth-order valence-electron chi connectivity index (χ4n) is 5.91. The number of oxazole rings is 1. The summed E-state index contributed by atoms with van der Waals surface area (Å²) in [7, 11) is 0. The van der Waals surface area contributed by atoms with Crippen molar-refractivity contribution in [2.24, 2.45) is 0 Å². The van der Waals surface area contributed by atoms with Crippen molar-refractivity contribution in [2.75, 3.05) is 73.2 Å². The second kappa shape index (κ2) is 12.0. The van der Waals surface area contributed by atoms with Crippen LogP contribution in [-0.2, 0) is 0 Å². The van der Waals surface area contributed by atoms with Crippen molar-refractivity contribution in [3.05, 3.63) is 42.4 Å². The summed E-state index contributed by atoms with van der Waals surface area (Å²) in [5.41, 5.74) is 12.0. The first-order valence-corrected chi connectivity index (χ1v) is 15.2. The van der Waals surface area contributed by atoms with Crippen LogP contribution in [0.4, 0.5) is 23.3 Å². The fourth-order valence-corrected chi connectivity index (χ4v) is 5.91. The molecule has 12 nitrogen and oxygen atoms in total. The Bertz CT molecular complexity index is 1710. The number of nitrogen functional groups attached to an aromatic ring is 1. The highest BCUT2D eigenvalue weighted by Crippen LogP contribution is 2.36. The Hall–Kier alpha value is -4.45. The van der Waals surface area contributed by atoms with Crippen LogP contribution < -0.4 is 20.9 Å². The average Bonchev–Trinajstić information content (AvgIpc) is 3.60. The van der Waals surface area contributed by atoms with Crippen molar-refractivity contribution in [3.8, 4) is 11.3 Å². The fraction of sp³-hybridized carbons (Fsp3) is 0.452. The van der Waals surface area contributed by atoms with E-state index in [0.717, 1.165) is 92.0 Å². The standard InChI is InChI=1S/C31H41N11O/c1-6-39(7-2)13-12-33-23-10-11-34-28(21(23)5)40-14-16-41(17-15-40)29-26-27(38-42(20(3)4)30(26)36-19-35-29)22-8-9-25-24(18-22)37-31(32)43-25/h8-11,18-20H,6-7,12-17H2,1-5H3,(H2,32,37)(H,33,34). The van der Waals surface area contributed by atoms with E-state index in [1.807, 2.05) is 29.1 Å². The Labute approximate surface area is 251 Å². The van der Waals surface area contributed by atoms with Gasteiger partial charge in [-0.2, -0.15) is 10.1 Å². The van der Waals surface area contributed by atoms with E-state index in [1.54, 1.807) is 6.33 Å². The first-order valence-electron chi connectivity index (χ1n) is 15.2. The maximum Gasteiger partial charge on any atom is 0.292 e. The minimum atomic E-state index is 0.129. The predicted molar refractivity (Wildman–Crippen MR) is 173 cm³/mol. The zero-order chi connectivity index (χ0) is 30.1. The molecule has 1 saturated heterocycles. The average molecular weight is 584 g/mol. The molecule has 0 aliphatic carbocycles. The molecular weight excluding hydrogens is 542 g/mol. The van der Waals surface area contributed by atoms with Gasteiger partial charge in [-0.1, -0.05) is 13.8 Å². The lowest BCUT2D eigenvalue weighted by molar-refractivity contribution is 0.316. The number of nitrogens with one attached hydrogen (secondary N) is 1. The van der Waals surface area contributed by atoms with Crippen molar-refractivity contribution < 1.29 is 4.42 Å². The Morgan fingerprint density at radius 3 is 2.47 bits per heavy atom. The van der Waals surface area contributed by atoms with E-state index in [9.17, 15) is 0 Å². The van der Waals surface area contributed by atoms with Crippen LogP contribution in [0.15, 0.2) is 41.2 Å². The molecule has 1 aliphatic rings. The lowest BCUT2D eigenvalue weighted by Gasteiger charge is -2.37. The van der Waals surface area contributed by atoms with Crippen LogP contribution in [0.25, 0.3) is 33.4 Å². The van der Waals surface area contributed by atoms with E-state index < -0.39 is 0 Å². The summed E-state index contributed by atoms with van der Waals surface area (Å²) < 4.78 is 7.47. The molecule has 6 rings (SSSR count). The number of hydrogen-bond donors (Lipinski definition) is 2. The van der Waals surface area contributed by atoms with E-state index in [1.165, 1.54) is 5.56 Å². The van der Waals surface area contributed by atoms with Crippen molar-refractivity contribution in [3.63, 3.8) is 0 Å². The molecule has 226 valence electrons. The summed E-state index contributed by atoms with van der Waals surface area (Å²) in [5.74, 6) is 1.93. The van der Waals surface area contributed by atoms with Gasteiger partial charge in [-0.05, 0) is 58.1 Å². The first-order chi connectivity index (χ1) is 20.9. The van der Waals surface area contributed by atoms with Gasteiger partial charge in [0, 0.05) is 68.3 Å². The Kier molecular flexibility index (Phi) is 8.02. The highest BCUT2D eigenvalue weighted by Gasteiger charge is 2.27. The predicted octanol–water partition coefficient (Wildman–Crippen LogP) is 4.58. The van der Waals surface area contributed by atoms with E-state index in [-0.39, 0.29) is 12.1 Å². The van der Waals surface area contributed by atoms with Crippen LogP contribution >= 0.6 is 0 Å². The maximum absolute atomic E-state index is 5.81. The monoisotopic (exact) mass is 583 g/mol. The number of benzene rings is 1. The molecule has 1 aromatic carbocycles. The normalized spacial score (nSPS) is 14.1. The van der Waals surface area contributed by atoms with Gasteiger partial charge in [-0.25, -0.2) is 19.6 Å². The SMILES string of the molecule is CCN(CC)CCNc1ccnc(N2CCN(c3ncnc4c3c(-c3ccc5oc(N)nc5c3)nn4C(C)C)CC2)c1C. The molecule has 5 aromatic rings. The number of fused-ring (bicyclic) bond motifs is 2. The van der Waals surface area contributed by atoms with Gasteiger partial charge in [0.2, 0.25) is 0 Å². The summed E-state index contributed by atoms with van der Waals surface area (Å²) in [4.78, 5) is 25.7. The lowest BCUT2D eigenvalue weighted by atomic mass is 10.1. The van der Waals surface area contributed by atoms with Crippen LogP contribution in [0, 0.1) is 6.92 Å². The number of nitrogens with two attached hydrogens (primary N) is 1. The third kappa shape index (κ3) is 5.54. The minimum absolute atomic E-state index is 0.129.